The van der Waals surface area contributed by atoms with Crippen molar-refractivity contribution >= 4 is 12.1 Å². The second kappa shape index (κ2) is 7.64. The van der Waals surface area contributed by atoms with Gasteiger partial charge in [-0.25, -0.2) is 4.79 Å². The van der Waals surface area contributed by atoms with Crippen LogP contribution >= 0.6 is 0 Å². The van der Waals surface area contributed by atoms with E-state index in [2.05, 4.69) is 11.9 Å². The third-order valence-electron chi connectivity index (χ3n) is 2.69. The van der Waals surface area contributed by atoms with Crippen molar-refractivity contribution in [3.05, 3.63) is 48.6 Å². The van der Waals surface area contributed by atoms with E-state index >= 15 is 0 Å². The average molecular weight is 305 g/mol. The molecule has 0 fully saturated rings. The van der Waals surface area contributed by atoms with Crippen LogP contribution in [-0.2, 0) is 14.3 Å². The van der Waals surface area contributed by atoms with Crippen molar-refractivity contribution in [3.8, 4) is 0 Å². The molecule has 2 atom stereocenters. The lowest BCUT2D eigenvalue weighted by Gasteiger charge is -2.27. The van der Waals surface area contributed by atoms with Gasteiger partial charge in [0.2, 0.25) is 0 Å². The van der Waals surface area contributed by atoms with Gasteiger partial charge >= 0.3 is 12.1 Å². The zero-order valence-corrected chi connectivity index (χ0v) is 13.5. The van der Waals surface area contributed by atoms with Crippen LogP contribution in [0.3, 0.4) is 0 Å². The van der Waals surface area contributed by atoms with Gasteiger partial charge in [-0.2, -0.15) is 0 Å². The number of alkyl carbamates (subject to hydrolysis) is 1. The molecular weight excluding hydrogens is 282 g/mol. The Morgan fingerprint density at radius 1 is 1.23 bits per heavy atom. The van der Waals surface area contributed by atoms with Crippen LogP contribution in [0.15, 0.2) is 43.0 Å². The van der Waals surface area contributed by atoms with Gasteiger partial charge in [0.15, 0.2) is 0 Å². The number of nitrogens with one attached hydrogen (secondary N) is 1. The molecule has 0 aliphatic rings. The third kappa shape index (κ3) is 5.99. The monoisotopic (exact) mass is 305 g/mol. The fourth-order valence-corrected chi connectivity index (χ4v) is 1.89. The summed E-state index contributed by atoms with van der Waals surface area (Å²) < 4.78 is 10.5. The minimum Gasteiger partial charge on any atom is -0.456 e. The van der Waals surface area contributed by atoms with Gasteiger partial charge in [0.1, 0.15) is 11.7 Å². The van der Waals surface area contributed by atoms with Crippen LogP contribution in [0.2, 0.25) is 0 Å². The highest BCUT2D eigenvalue weighted by Gasteiger charge is 2.27. The van der Waals surface area contributed by atoms with Gasteiger partial charge in [-0.3, -0.25) is 4.79 Å². The molecule has 1 aromatic carbocycles. The second-order valence-corrected chi connectivity index (χ2v) is 5.84. The van der Waals surface area contributed by atoms with E-state index in [1.165, 1.54) is 13.0 Å². The normalized spacial score (nSPS) is 13.6. The molecular formula is C17H23NO4. The Morgan fingerprint density at radius 2 is 1.82 bits per heavy atom. The first kappa shape index (κ1) is 17.8. The van der Waals surface area contributed by atoms with E-state index in [1.54, 1.807) is 20.8 Å². The van der Waals surface area contributed by atoms with Gasteiger partial charge in [0.05, 0.1) is 6.04 Å². The van der Waals surface area contributed by atoms with Gasteiger partial charge < -0.3 is 14.8 Å². The average Bonchev–Trinajstić information content (AvgIpc) is 2.41. The molecule has 0 aromatic heterocycles. The SMILES string of the molecule is C=C[C@@H](OC(C)=O)[C@@H](NC(=O)OC(C)(C)C)c1ccccc1. The summed E-state index contributed by atoms with van der Waals surface area (Å²) in [6.07, 6.45) is 0.212. The largest absolute Gasteiger partial charge is 0.456 e. The van der Waals surface area contributed by atoms with E-state index in [9.17, 15) is 9.59 Å². The zero-order valence-electron chi connectivity index (χ0n) is 13.5. The first-order chi connectivity index (χ1) is 10.2. The lowest BCUT2D eigenvalue weighted by molar-refractivity contribution is -0.145. The van der Waals surface area contributed by atoms with Crippen molar-refractivity contribution < 1.29 is 19.1 Å². The minimum atomic E-state index is -0.688. The number of hydrogen-bond donors (Lipinski definition) is 1. The Hall–Kier alpha value is -2.30. The van der Waals surface area contributed by atoms with E-state index < -0.39 is 29.8 Å². The maximum Gasteiger partial charge on any atom is 0.408 e. The summed E-state index contributed by atoms with van der Waals surface area (Å²) in [5.41, 5.74) is 0.177. The molecule has 0 bridgehead atoms. The molecule has 1 rings (SSSR count). The predicted molar refractivity (Wildman–Crippen MR) is 84.3 cm³/mol. The summed E-state index contributed by atoms with van der Waals surface area (Å²) in [4.78, 5) is 23.3. The fraction of sp³-hybridized carbons (Fsp3) is 0.412. The van der Waals surface area contributed by atoms with Gasteiger partial charge in [0.25, 0.3) is 0 Å². The van der Waals surface area contributed by atoms with Gasteiger partial charge in [-0.1, -0.05) is 36.9 Å². The van der Waals surface area contributed by atoms with Crippen molar-refractivity contribution in [1.29, 1.82) is 0 Å². The molecule has 0 radical (unpaired) electrons. The number of carbonyl (C=O) groups excluding carboxylic acids is 2. The number of hydrogen-bond acceptors (Lipinski definition) is 4. The molecule has 0 spiro atoms. The number of amides is 1. The summed E-state index contributed by atoms with van der Waals surface area (Å²) in [6.45, 7) is 10.3. The first-order valence-corrected chi connectivity index (χ1v) is 7.07. The van der Waals surface area contributed by atoms with E-state index in [4.69, 9.17) is 9.47 Å². The highest BCUT2D eigenvalue weighted by Crippen LogP contribution is 2.21. The Morgan fingerprint density at radius 3 is 2.27 bits per heavy atom. The molecule has 0 saturated heterocycles. The van der Waals surface area contributed by atoms with Crippen LogP contribution in [0.1, 0.15) is 39.3 Å². The molecule has 0 heterocycles. The molecule has 0 unspecified atom stereocenters. The van der Waals surface area contributed by atoms with Crippen LogP contribution < -0.4 is 5.32 Å². The van der Waals surface area contributed by atoms with Crippen LogP contribution in [0, 0.1) is 0 Å². The van der Waals surface area contributed by atoms with E-state index in [-0.39, 0.29) is 0 Å². The van der Waals surface area contributed by atoms with Crippen LogP contribution in [0.4, 0.5) is 4.79 Å². The van der Waals surface area contributed by atoms with Crippen molar-refractivity contribution in [2.24, 2.45) is 0 Å². The van der Waals surface area contributed by atoms with Crippen LogP contribution in [0.5, 0.6) is 0 Å². The Labute approximate surface area is 131 Å². The van der Waals surface area contributed by atoms with Crippen molar-refractivity contribution in [3.63, 3.8) is 0 Å². The molecule has 5 nitrogen and oxygen atoms in total. The van der Waals surface area contributed by atoms with Gasteiger partial charge in [-0.05, 0) is 32.4 Å². The number of esters is 1. The Kier molecular flexibility index (Phi) is 6.16. The summed E-state index contributed by atoms with van der Waals surface area (Å²) in [6, 6.07) is 8.64. The maximum absolute atomic E-state index is 12.0. The van der Waals surface area contributed by atoms with Gasteiger partial charge in [0, 0.05) is 6.92 Å². The standard InChI is InChI=1S/C17H23NO4/c1-6-14(21-12(2)19)15(13-10-8-7-9-11-13)18-16(20)22-17(3,4)5/h6-11,14-15H,1H2,2-5H3,(H,18,20)/t14-,15+/m1/s1. The highest BCUT2D eigenvalue weighted by atomic mass is 16.6. The van der Waals surface area contributed by atoms with Crippen molar-refractivity contribution in [2.75, 3.05) is 0 Å². The van der Waals surface area contributed by atoms with Gasteiger partial charge in [-0.15, -0.1) is 0 Å². The first-order valence-electron chi connectivity index (χ1n) is 7.07. The number of ether oxygens (including phenoxy) is 2. The molecule has 1 aromatic rings. The molecule has 120 valence electrons. The predicted octanol–water partition coefficient (Wildman–Crippen LogP) is 3.37. The van der Waals surface area contributed by atoms with E-state index in [0.29, 0.717) is 0 Å². The molecule has 1 N–H and O–H groups in total. The number of carbonyl (C=O) groups is 2. The quantitative estimate of drug-likeness (QED) is 0.669. The molecule has 5 heteroatoms. The van der Waals surface area contributed by atoms with Crippen molar-refractivity contribution in [1.82, 2.24) is 5.32 Å². The molecule has 0 aliphatic heterocycles. The van der Waals surface area contributed by atoms with Crippen LogP contribution in [0.25, 0.3) is 0 Å². The molecule has 0 aliphatic carbocycles. The third-order valence-corrected chi connectivity index (χ3v) is 2.69. The van der Waals surface area contributed by atoms with Crippen LogP contribution in [-0.4, -0.2) is 23.8 Å². The smallest absolute Gasteiger partial charge is 0.408 e. The Balaban J connectivity index is 2.98. The summed E-state index contributed by atoms with van der Waals surface area (Å²) in [7, 11) is 0. The molecule has 0 saturated carbocycles. The lowest BCUT2D eigenvalue weighted by atomic mass is 10.0. The summed E-state index contributed by atoms with van der Waals surface area (Å²) >= 11 is 0. The fourth-order valence-electron chi connectivity index (χ4n) is 1.89. The molecule has 1 amide bonds. The second-order valence-electron chi connectivity index (χ2n) is 5.84. The molecule has 22 heavy (non-hydrogen) atoms. The highest BCUT2D eigenvalue weighted by molar-refractivity contribution is 5.69. The summed E-state index contributed by atoms with van der Waals surface area (Å²) in [5.74, 6) is -0.447. The van der Waals surface area contributed by atoms with E-state index in [1.807, 2.05) is 30.3 Å². The summed E-state index contributed by atoms with van der Waals surface area (Å²) in [5, 5.41) is 2.74. The topological polar surface area (TPSA) is 64.6 Å². The number of rotatable bonds is 5. The van der Waals surface area contributed by atoms with E-state index in [0.717, 1.165) is 5.56 Å². The number of benzene rings is 1. The lowest BCUT2D eigenvalue weighted by Crippen LogP contribution is -2.40. The maximum atomic E-state index is 12.0. The minimum absolute atomic E-state index is 0.447. The zero-order chi connectivity index (χ0) is 16.8. The Bertz CT molecular complexity index is 519. The van der Waals surface area contributed by atoms with Crippen molar-refractivity contribution in [2.45, 2.75) is 45.4 Å².